The number of carbonyl (C=O) groups is 5. The molecule has 262 valence electrons. The van der Waals surface area contributed by atoms with E-state index in [0.29, 0.717) is 41.9 Å². The summed E-state index contributed by atoms with van der Waals surface area (Å²) in [5, 5.41) is 8.49. The minimum atomic E-state index is -2.96. The van der Waals surface area contributed by atoms with E-state index < -0.39 is 49.3 Å². The van der Waals surface area contributed by atoms with Crippen LogP contribution in [0.2, 0.25) is 0 Å². The van der Waals surface area contributed by atoms with Crippen LogP contribution in [0.3, 0.4) is 0 Å². The highest BCUT2D eigenvalue weighted by Crippen LogP contribution is 2.31. The quantitative estimate of drug-likeness (QED) is 0.127. The molecule has 2 atom stereocenters. The van der Waals surface area contributed by atoms with E-state index in [9.17, 15) is 32.8 Å². The predicted octanol–water partition coefficient (Wildman–Crippen LogP) is 2.70. The van der Waals surface area contributed by atoms with Gasteiger partial charge in [-0.1, -0.05) is 26.0 Å². The molecule has 48 heavy (non-hydrogen) atoms. The Hall–Kier alpha value is -4.69. The number of anilines is 1. The lowest BCUT2D eigenvalue weighted by Gasteiger charge is -2.21. The number of guanidine groups is 1. The van der Waals surface area contributed by atoms with Crippen molar-refractivity contribution in [3.05, 3.63) is 36.0 Å². The number of nitrogens with one attached hydrogen (secondary N) is 3. The maximum Gasteiger partial charge on any atom is 0.267 e. The van der Waals surface area contributed by atoms with Gasteiger partial charge < -0.3 is 31.5 Å². The molecule has 2 heterocycles. The molecule has 0 spiro atoms. The smallest absolute Gasteiger partial charge is 0.267 e. The minimum Gasteiger partial charge on any atom is -0.370 e. The molecule has 1 aliphatic heterocycles. The molecular formula is C33H46F2N8O5. The Morgan fingerprint density at radius 3 is 2.46 bits per heavy atom. The number of ketones is 1. The van der Waals surface area contributed by atoms with Gasteiger partial charge in [-0.25, -0.2) is 8.78 Å². The van der Waals surface area contributed by atoms with Crippen LogP contribution in [0.1, 0.15) is 69.7 Å². The third-order valence-electron chi connectivity index (χ3n) is 7.98. The molecule has 2 aromatic rings. The lowest BCUT2D eigenvalue weighted by atomic mass is 9.97. The van der Waals surface area contributed by atoms with Gasteiger partial charge in [0.15, 0.2) is 11.7 Å². The highest BCUT2D eigenvalue weighted by atomic mass is 19.3. The van der Waals surface area contributed by atoms with E-state index in [-0.39, 0.29) is 48.3 Å². The summed E-state index contributed by atoms with van der Waals surface area (Å²) in [5.41, 5.74) is 6.68. The molecule has 0 saturated carbocycles. The third-order valence-corrected chi connectivity index (χ3v) is 7.98. The summed E-state index contributed by atoms with van der Waals surface area (Å²) < 4.78 is 27.4. The molecule has 1 fully saturated rings. The maximum atomic E-state index is 13.7. The van der Waals surface area contributed by atoms with Crippen LogP contribution in [-0.2, 0) is 19.2 Å². The number of alkyl halides is 2. The van der Waals surface area contributed by atoms with Gasteiger partial charge in [0.1, 0.15) is 0 Å². The summed E-state index contributed by atoms with van der Waals surface area (Å²) in [4.78, 5) is 75.0. The summed E-state index contributed by atoms with van der Waals surface area (Å²) >= 11 is 0. The Morgan fingerprint density at radius 1 is 1.10 bits per heavy atom. The van der Waals surface area contributed by atoms with Crippen molar-refractivity contribution in [2.24, 2.45) is 16.6 Å². The Balaban J connectivity index is 1.54. The number of hydrogen-bond acceptors (Lipinski definition) is 7. The van der Waals surface area contributed by atoms with Crippen LogP contribution in [0.4, 0.5) is 14.5 Å². The van der Waals surface area contributed by atoms with Crippen LogP contribution in [0.25, 0.3) is 10.9 Å². The van der Waals surface area contributed by atoms with Crippen molar-refractivity contribution in [2.45, 2.75) is 77.3 Å². The molecule has 4 amide bonds. The predicted molar refractivity (Wildman–Crippen MR) is 178 cm³/mol. The van der Waals surface area contributed by atoms with Gasteiger partial charge >= 0.3 is 0 Å². The number of rotatable bonds is 15. The first-order chi connectivity index (χ1) is 22.6. The number of nitrogens with zero attached hydrogens (tertiary/aromatic N) is 4. The van der Waals surface area contributed by atoms with Crippen LogP contribution >= 0.6 is 0 Å². The van der Waals surface area contributed by atoms with Crippen LogP contribution in [-0.4, -0.2) is 102 Å². The van der Waals surface area contributed by atoms with Crippen LogP contribution in [0.15, 0.2) is 35.5 Å². The molecular weight excluding hydrogens is 626 g/mol. The Labute approximate surface area is 279 Å². The molecule has 3 rings (SSSR count). The number of pyridine rings is 1. The number of amides is 4. The van der Waals surface area contributed by atoms with Crippen molar-refractivity contribution in [3.63, 3.8) is 0 Å². The molecule has 1 aromatic heterocycles. The van der Waals surface area contributed by atoms with E-state index in [2.05, 4.69) is 25.9 Å². The van der Waals surface area contributed by atoms with Gasteiger partial charge in [0.2, 0.25) is 17.7 Å². The molecule has 13 nitrogen and oxygen atoms in total. The number of halogens is 2. The zero-order valence-electron chi connectivity index (χ0n) is 28.1. The number of benzene rings is 1. The molecule has 1 aliphatic rings. The number of para-hydroxylation sites is 1. The van der Waals surface area contributed by atoms with Crippen LogP contribution in [0, 0.1) is 5.92 Å². The molecule has 15 heteroatoms. The molecule has 0 unspecified atom stereocenters. The number of hydrogen-bond donors (Lipinski definition) is 4. The molecule has 0 radical (unpaired) electrons. The highest BCUT2D eigenvalue weighted by molar-refractivity contribution is 6.10. The summed E-state index contributed by atoms with van der Waals surface area (Å²) in [7, 11) is 3.56. The van der Waals surface area contributed by atoms with Gasteiger partial charge in [-0.2, -0.15) is 0 Å². The number of nitrogens with two attached hydrogens (primary N) is 1. The van der Waals surface area contributed by atoms with E-state index in [1.165, 1.54) is 19.2 Å². The van der Waals surface area contributed by atoms with Crippen molar-refractivity contribution in [1.29, 1.82) is 0 Å². The number of fused-ring (bicyclic) bond motifs is 1. The minimum absolute atomic E-state index is 0.0153. The zero-order chi connectivity index (χ0) is 35.6. The third kappa shape index (κ3) is 10.7. The molecule has 1 saturated heterocycles. The Bertz CT molecular complexity index is 1530. The fourth-order valence-corrected chi connectivity index (χ4v) is 5.38. The SMILES string of the molecule is CC(C)C(=O)[C@H](CCCN=C(N)N(C)C)NC(=O)CCCC(=O)Nc1cccc2c(C(=O)NCC(=O)N3CC(F)(F)C[C@H]3C)ccnc12. The largest absolute Gasteiger partial charge is 0.370 e. The fraction of sp³-hybridized carbons (Fsp3) is 0.545. The number of aromatic nitrogens is 1. The lowest BCUT2D eigenvalue weighted by molar-refractivity contribution is -0.132. The molecule has 0 bridgehead atoms. The Kier molecular flexibility index (Phi) is 13.3. The maximum absolute atomic E-state index is 13.7. The summed E-state index contributed by atoms with van der Waals surface area (Å²) in [6.45, 7) is 4.37. The second-order valence-corrected chi connectivity index (χ2v) is 12.5. The Morgan fingerprint density at radius 2 is 1.81 bits per heavy atom. The number of Topliss-reactive ketones (excluding diaryl/α,β-unsaturated/α-hetero) is 1. The van der Waals surface area contributed by atoms with E-state index >= 15 is 0 Å². The summed E-state index contributed by atoms with van der Waals surface area (Å²) in [5.74, 6) is -4.85. The van der Waals surface area contributed by atoms with E-state index in [0.717, 1.165) is 4.90 Å². The summed E-state index contributed by atoms with van der Waals surface area (Å²) in [6.07, 6.45) is 2.21. The van der Waals surface area contributed by atoms with Crippen molar-refractivity contribution in [3.8, 4) is 0 Å². The number of carbonyl (C=O) groups excluding carboxylic acids is 5. The van der Waals surface area contributed by atoms with Crippen molar-refractivity contribution >= 4 is 52.0 Å². The monoisotopic (exact) mass is 672 g/mol. The normalized spacial score (nSPS) is 16.5. The molecule has 1 aromatic carbocycles. The first-order valence-corrected chi connectivity index (χ1v) is 16.0. The van der Waals surface area contributed by atoms with Gasteiger partial charge in [0.25, 0.3) is 11.8 Å². The second kappa shape index (κ2) is 16.9. The van der Waals surface area contributed by atoms with Gasteiger partial charge in [0, 0.05) is 63.4 Å². The lowest BCUT2D eigenvalue weighted by Crippen LogP contribution is -2.42. The van der Waals surface area contributed by atoms with E-state index in [4.69, 9.17) is 5.73 Å². The van der Waals surface area contributed by atoms with E-state index in [1.54, 1.807) is 51.0 Å². The first-order valence-electron chi connectivity index (χ1n) is 16.0. The average Bonchev–Trinajstić information content (AvgIpc) is 3.31. The van der Waals surface area contributed by atoms with Gasteiger partial charge in [0.05, 0.1) is 35.9 Å². The first kappa shape index (κ1) is 37.8. The number of aliphatic imine (C=N–C) groups is 1. The fourth-order valence-electron chi connectivity index (χ4n) is 5.38. The average molecular weight is 673 g/mol. The van der Waals surface area contributed by atoms with Crippen LogP contribution < -0.4 is 21.7 Å². The van der Waals surface area contributed by atoms with Crippen molar-refractivity contribution in [2.75, 3.05) is 39.0 Å². The topological polar surface area (TPSA) is 179 Å². The standard InChI is InChI=1S/C33H46F2N8O5/c1-20(2)30(47)25(11-8-15-38-32(36)42(4)5)41-27(45)13-7-12-26(44)40-24-10-6-9-22-23(14-16-37-29(22)24)31(48)39-18-28(46)43-19-33(34,35)17-21(43)3/h6,9-10,14,16,20-21,25H,7-8,11-13,15,17-19H2,1-5H3,(H2,36,38)(H,39,48)(H,40,44)(H,41,45)/t21-,25+/m1/s1. The number of likely N-dealkylation sites (tertiary alicyclic amines) is 1. The highest BCUT2D eigenvalue weighted by Gasteiger charge is 2.44. The van der Waals surface area contributed by atoms with Gasteiger partial charge in [-0.15, -0.1) is 0 Å². The molecule has 5 N–H and O–H groups in total. The second-order valence-electron chi connectivity index (χ2n) is 12.5. The van der Waals surface area contributed by atoms with E-state index in [1.807, 2.05) is 0 Å². The van der Waals surface area contributed by atoms with Crippen molar-refractivity contribution in [1.82, 2.24) is 25.4 Å². The van der Waals surface area contributed by atoms with Crippen molar-refractivity contribution < 1.29 is 32.8 Å². The zero-order valence-corrected chi connectivity index (χ0v) is 28.1. The summed E-state index contributed by atoms with van der Waals surface area (Å²) in [6, 6.07) is 5.06. The van der Waals surface area contributed by atoms with Crippen LogP contribution in [0.5, 0.6) is 0 Å². The molecule has 0 aliphatic carbocycles. The van der Waals surface area contributed by atoms with Gasteiger partial charge in [-0.3, -0.25) is 33.9 Å². The van der Waals surface area contributed by atoms with Gasteiger partial charge in [-0.05, 0) is 38.3 Å².